The molecular formula is C23H27N3O3S. The minimum absolute atomic E-state index is 0.0431. The zero-order valence-electron chi connectivity index (χ0n) is 17.7. The summed E-state index contributed by atoms with van der Waals surface area (Å²) in [4.78, 5) is 22.4. The molecule has 0 N–H and O–H groups in total. The number of amides is 1. The number of thiazole rings is 1. The minimum Gasteiger partial charge on any atom is -0.497 e. The second-order valence-electron chi connectivity index (χ2n) is 7.54. The minimum atomic E-state index is -0.0431. The second-order valence-corrected chi connectivity index (χ2v) is 8.55. The molecule has 3 aromatic rings. The van der Waals surface area contributed by atoms with Gasteiger partial charge in [-0.15, -0.1) is 0 Å². The molecule has 0 spiro atoms. The molecule has 0 bridgehead atoms. The van der Waals surface area contributed by atoms with Crippen LogP contribution in [0.3, 0.4) is 0 Å². The number of aromatic nitrogens is 1. The molecule has 0 radical (unpaired) electrons. The smallest absolute Gasteiger partial charge is 0.260 e. The molecule has 2 heterocycles. The van der Waals surface area contributed by atoms with Crippen LogP contribution >= 0.6 is 11.3 Å². The maximum Gasteiger partial charge on any atom is 0.260 e. The number of anilines is 1. The van der Waals surface area contributed by atoms with Crippen molar-refractivity contribution in [2.45, 2.75) is 13.8 Å². The van der Waals surface area contributed by atoms with Crippen molar-refractivity contribution in [2.24, 2.45) is 0 Å². The number of rotatable bonds is 6. The fourth-order valence-corrected chi connectivity index (χ4v) is 4.59. The van der Waals surface area contributed by atoms with Gasteiger partial charge in [0.2, 0.25) is 0 Å². The largest absolute Gasteiger partial charge is 0.497 e. The van der Waals surface area contributed by atoms with Crippen molar-refractivity contribution in [3.8, 4) is 5.75 Å². The predicted octanol–water partition coefficient (Wildman–Crippen LogP) is 3.90. The van der Waals surface area contributed by atoms with Crippen LogP contribution in [0.1, 0.15) is 21.5 Å². The van der Waals surface area contributed by atoms with E-state index in [0.717, 1.165) is 53.9 Å². The van der Waals surface area contributed by atoms with Crippen LogP contribution in [0, 0.1) is 13.8 Å². The van der Waals surface area contributed by atoms with Crippen molar-refractivity contribution in [1.29, 1.82) is 0 Å². The summed E-state index contributed by atoms with van der Waals surface area (Å²) in [6.45, 7) is 8.84. The van der Waals surface area contributed by atoms with E-state index < -0.39 is 0 Å². The Balaban J connectivity index is 1.64. The van der Waals surface area contributed by atoms with Gasteiger partial charge in [0.05, 0.1) is 30.5 Å². The molecule has 1 aromatic heterocycles. The van der Waals surface area contributed by atoms with Crippen molar-refractivity contribution in [3.63, 3.8) is 0 Å². The van der Waals surface area contributed by atoms with Crippen molar-refractivity contribution in [1.82, 2.24) is 9.88 Å². The van der Waals surface area contributed by atoms with E-state index in [2.05, 4.69) is 30.9 Å². The lowest BCUT2D eigenvalue weighted by atomic mass is 10.1. The molecule has 30 heavy (non-hydrogen) atoms. The number of nitrogens with zero attached hydrogens (tertiary/aromatic N) is 3. The van der Waals surface area contributed by atoms with Crippen molar-refractivity contribution < 1.29 is 14.3 Å². The molecule has 4 rings (SSSR count). The molecule has 1 aliphatic rings. The lowest BCUT2D eigenvalue weighted by Gasteiger charge is -2.29. The van der Waals surface area contributed by atoms with Gasteiger partial charge in [0, 0.05) is 31.7 Å². The molecule has 0 aliphatic carbocycles. The van der Waals surface area contributed by atoms with Gasteiger partial charge in [0.1, 0.15) is 5.75 Å². The SMILES string of the molecule is COc1ccc(C(=O)N(CCN2CCOCC2)c2nc3cc(C)c(C)cc3s2)cc1. The highest BCUT2D eigenvalue weighted by Crippen LogP contribution is 2.31. The van der Waals surface area contributed by atoms with Crippen LogP contribution in [0.2, 0.25) is 0 Å². The summed E-state index contributed by atoms with van der Waals surface area (Å²) in [5.41, 5.74) is 4.01. The Labute approximate surface area is 181 Å². The lowest BCUT2D eigenvalue weighted by Crippen LogP contribution is -2.43. The van der Waals surface area contributed by atoms with Gasteiger partial charge in [0.25, 0.3) is 5.91 Å². The number of hydrogen-bond acceptors (Lipinski definition) is 6. The van der Waals surface area contributed by atoms with Gasteiger partial charge in [-0.25, -0.2) is 4.98 Å². The molecule has 7 heteroatoms. The first-order chi connectivity index (χ1) is 14.5. The first-order valence-electron chi connectivity index (χ1n) is 10.2. The summed E-state index contributed by atoms with van der Waals surface area (Å²) in [6, 6.07) is 11.5. The third-order valence-electron chi connectivity index (χ3n) is 5.55. The maximum atomic E-state index is 13.4. The standard InChI is InChI=1S/C23H27N3O3S/c1-16-14-20-21(15-17(16)2)30-23(24-20)26(9-8-25-10-12-29-13-11-25)22(27)18-4-6-19(28-3)7-5-18/h4-7,14-15H,8-13H2,1-3H3. The number of fused-ring (bicyclic) bond motifs is 1. The highest BCUT2D eigenvalue weighted by molar-refractivity contribution is 7.22. The van der Waals surface area contributed by atoms with Crippen LogP contribution in [0.15, 0.2) is 36.4 Å². The van der Waals surface area contributed by atoms with Gasteiger partial charge in [-0.2, -0.15) is 0 Å². The molecule has 1 saturated heterocycles. The number of hydrogen-bond donors (Lipinski definition) is 0. The Kier molecular flexibility index (Phi) is 6.32. The van der Waals surface area contributed by atoms with Gasteiger partial charge in [-0.3, -0.25) is 14.6 Å². The molecule has 1 fully saturated rings. The number of benzene rings is 2. The number of methoxy groups -OCH3 is 1. The molecule has 0 unspecified atom stereocenters. The van der Waals surface area contributed by atoms with Gasteiger partial charge >= 0.3 is 0 Å². The third-order valence-corrected chi connectivity index (χ3v) is 6.59. The first-order valence-corrected chi connectivity index (χ1v) is 11.0. The van der Waals surface area contributed by atoms with Gasteiger partial charge in [-0.1, -0.05) is 11.3 Å². The zero-order valence-corrected chi connectivity index (χ0v) is 18.5. The van der Waals surface area contributed by atoms with Crippen molar-refractivity contribution in [2.75, 3.05) is 51.4 Å². The highest BCUT2D eigenvalue weighted by Gasteiger charge is 2.23. The van der Waals surface area contributed by atoms with Crippen LogP contribution in [0.5, 0.6) is 5.75 Å². The lowest BCUT2D eigenvalue weighted by molar-refractivity contribution is 0.0391. The molecule has 2 aromatic carbocycles. The average molecular weight is 426 g/mol. The quantitative estimate of drug-likeness (QED) is 0.600. The summed E-state index contributed by atoms with van der Waals surface area (Å²) < 4.78 is 11.8. The fraction of sp³-hybridized carbons (Fsp3) is 0.391. The average Bonchev–Trinajstić information content (AvgIpc) is 3.17. The summed E-state index contributed by atoms with van der Waals surface area (Å²) in [5.74, 6) is 0.691. The Morgan fingerprint density at radius 1 is 1.17 bits per heavy atom. The number of carbonyl (C=O) groups is 1. The van der Waals surface area contributed by atoms with Crippen LogP contribution < -0.4 is 9.64 Å². The van der Waals surface area contributed by atoms with Crippen molar-refractivity contribution in [3.05, 3.63) is 53.1 Å². The van der Waals surface area contributed by atoms with Crippen LogP contribution in [0.25, 0.3) is 10.2 Å². The zero-order chi connectivity index (χ0) is 21.1. The van der Waals surface area contributed by atoms with Gasteiger partial charge < -0.3 is 9.47 Å². The van der Waals surface area contributed by atoms with Crippen LogP contribution in [-0.4, -0.2) is 62.3 Å². The van der Waals surface area contributed by atoms with E-state index >= 15 is 0 Å². The Bertz CT molecular complexity index is 987. The molecule has 1 aliphatic heterocycles. The van der Waals surface area contributed by atoms with E-state index in [9.17, 15) is 4.79 Å². The number of carbonyl (C=O) groups excluding carboxylic acids is 1. The number of aryl methyl sites for hydroxylation is 2. The van der Waals surface area contributed by atoms with Crippen LogP contribution in [-0.2, 0) is 4.74 Å². The van der Waals surface area contributed by atoms with E-state index in [0.29, 0.717) is 12.1 Å². The molecule has 158 valence electrons. The van der Waals surface area contributed by atoms with Gasteiger partial charge in [-0.05, 0) is 61.4 Å². The summed E-state index contributed by atoms with van der Waals surface area (Å²) in [6.07, 6.45) is 0. The predicted molar refractivity (Wildman–Crippen MR) is 121 cm³/mol. The fourth-order valence-electron chi connectivity index (χ4n) is 3.52. The first kappa shape index (κ1) is 20.8. The van der Waals surface area contributed by atoms with E-state index in [1.807, 2.05) is 29.2 Å². The number of ether oxygens (including phenoxy) is 2. The monoisotopic (exact) mass is 425 g/mol. The van der Waals surface area contributed by atoms with Gasteiger partial charge in [0.15, 0.2) is 5.13 Å². The Morgan fingerprint density at radius 3 is 2.57 bits per heavy atom. The second kappa shape index (κ2) is 9.12. The van der Waals surface area contributed by atoms with Crippen LogP contribution in [0.4, 0.5) is 5.13 Å². The van der Waals surface area contributed by atoms with Crippen molar-refractivity contribution >= 4 is 32.6 Å². The normalized spacial score (nSPS) is 14.8. The molecular weight excluding hydrogens is 398 g/mol. The Morgan fingerprint density at radius 2 is 1.87 bits per heavy atom. The molecule has 6 nitrogen and oxygen atoms in total. The van der Waals surface area contributed by atoms with E-state index in [-0.39, 0.29) is 5.91 Å². The molecule has 1 amide bonds. The summed E-state index contributed by atoms with van der Waals surface area (Å²) in [5, 5.41) is 0.740. The Hall–Kier alpha value is -2.48. The topological polar surface area (TPSA) is 54.9 Å². The molecule has 0 atom stereocenters. The van der Waals surface area contributed by atoms with E-state index in [1.165, 1.54) is 11.1 Å². The molecule has 0 saturated carbocycles. The van der Waals surface area contributed by atoms with E-state index in [1.54, 1.807) is 18.4 Å². The summed E-state index contributed by atoms with van der Waals surface area (Å²) in [7, 11) is 1.62. The van der Waals surface area contributed by atoms with E-state index in [4.69, 9.17) is 14.5 Å². The maximum absolute atomic E-state index is 13.4. The third kappa shape index (κ3) is 4.48. The highest BCUT2D eigenvalue weighted by atomic mass is 32.1. The number of morpholine rings is 1. The summed E-state index contributed by atoms with van der Waals surface area (Å²) >= 11 is 1.57.